The van der Waals surface area contributed by atoms with E-state index in [9.17, 15) is 0 Å². The zero-order valence-corrected chi connectivity index (χ0v) is 11.4. The number of furan rings is 1. The Morgan fingerprint density at radius 3 is 2.61 bits per heavy atom. The van der Waals surface area contributed by atoms with Crippen LogP contribution in [0.1, 0.15) is 24.5 Å². The van der Waals surface area contributed by atoms with Gasteiger partial charge in [0.05, 0.1) is 18.2 Å². The predicted molar refractivity (Wildman–Crippen MR) is 73.5 cm³/mol. The smallest absolute Gasteiger partial charge is 0.137 e. The Labute approximate surface area is 112 Å². The van der Waals surface area contributed by atoms with Crippen LogP contribution in [0.3, 0.4) is 0 Å². The summed E-state index contributed by atoms with van der Waals surface area (Å²) in [6, 6.07) is 9.62. The minimum atomic E-state index is 0.0863. The van der Waals surface area contributed by atoms with Gasteiger partial charge in [-0.25, -0.2) is 0 Å². The van der Waals surface area contributed by atoms with Gasteiger partial charge in [0, 0.05) is 5.69 Å². The molecule has 0 bridgehead atoms. The minimum absolute atomic E-state index is 0.0863. The quantitative estimate of drug-likeness (QED) is 0.888. The molecule has 0 fully saturated rings. The Morgan fingerprint density at radius 2 is 2.06 bits per heavy atom. The van der Waals surface area contributed by atoms with E-state index in [4.69, 9.17) is 20.8 Å². The molecule has 0 radical (unpaired) electrons. The third-order valence-corrected chi connectivity index (χ3v) is 3.02. The van der Waals surface area contributed by atoms with Crippen LogP contribution in [0.2, 0.25) is 5.02 Å². The van der Waals surface area contributed by atoms with Crippen molar-refractivity contribution in [2.45, 2.75) is 19.9 Å². The Hall–Kier alpha value is -1.61. The van der Waals surface area contributed by atoms with Gasteiger partial charge in [0.25, 0.3) is 0 Å². The third kappa shape index (κ3) is 2.79. The Balaban J connectivity index is 2.12. The molecule has 96 valence electrons. The predicted octanol–water partition coefficient (Wildman–Crippen LogP) is 4.42. The van der Waals surface area contributed by atoms with Gasteiger partial charge in [-0.1, -0.05) is 11.6 Å². The summed E-state index contributed by atoms with van der Waals surface area (Å²) in [5.74, 6) is 2.48. The number of hydrogen-bond acceptors (Lipinski definition) is 3. The van der Waals surface area contributed by atoms with Crippen molar-refractivity contribution in [1.29, 1.82) is 0 Å². The second-order valence-corrected chi connectivity index (χ2v) is 4.57. The molecule has 0 saturated carbocycles. The van der Waals surface area contributed by atoms with Crippen LogP contribution in [-0.4, -0.2) is 7.11 Å². The van der Waals surface area contributed by atoms with Gasteiger partial charge in [-0.2, -0.15) is 0 Å². The van der Waals surface area contributed by atoms with Gasteiger partial charge in [-0.05, 0) is 44.2 Å². The molecule has 0 aliphatic heterocycles. The number of benzene rings is 1. The number of hydrogen-bond donors (Lipinski definition) is 1. The highest BCUT2D eigenvalue weighted by Gasteiger charge is 2.10. The summed E-state index contributed by atoms with van der Waals surface area (Å²) in [5.41, 5.74) is 0.933. The standard InChI is InChI=1S/C14H16ClNO2/c1-9-4-6-13(18-9)10(2)16-11-5-7-14(17-3)12(15)8-11/h4-8,10,16H,1-3H3. The van der Waals surface area contributed by atoms with E-state index in [0.29, 0.717) is 10.8 Å². The average molecular weight is 266 g/mol. The van der Waals surface area contributed by atoms with Crippen LogP contribution in [0.25, 0.3) is 0 Å². The first-order valence-electron chi connectivity index (χ1n) is 5.76. The first-order chi connectivity index (χ1) is 8.60. The van der Waals surface area contributed by atoms with Crippen molar-refractivity contribution in [3.8, 4) is 5.75 Å². The van der Waals surface area contributed by atoms with Crippen LogP contribution in [0.5, 0.6) is 5.75 Å². The number of halogens is 1. The van der Waals surface area contributed by atoms with Crippen LogP contribution < -0.4 is 10.1 Å². The van der Waals surface area contributed by atoms with Gasteiger partial charge >= 0.3 is 0 Å². The Bertz CT molecular complexity index is 536. The lowest BCUT2D eigenvalue weighted by atomic mass is 10.2. The molecule has 1 aromatic heterocycles. The highest BCUT2D eigenvalue weighted by atomic mass is 35.5. The first-order valence-corrected chi connectivity index (χ1v) is 6.14. The molecule has 3 nitrogen and oxygen atoms in total. The molecule has 4 heteroatoms. The molecule has 0 aliphatic rings. The average Bonchev–Trinajstić information content (AvgIpc) is 2.76. The summed E-state index contributed by atoms with van der Waals surface area (Å²) in [7, 11) is 1.60. The van der Waals surface area contributed by atoms with E-state index in [2.05, 4.69) is 5.32 Å². The fourth-order valence-corrected chi connectivity index (χ4v) is 2.02. The fourth-order valence-electron chi connectivity index (χ4n) is 1.76. The second-order valence-electron chi connectivity index (χ2n) is 4.16. The molecule has 2 aromatic rings. The van der Waals surface area contributed by atoms with Crippen molar-refractivity contribution in [3.05, 3.63) is 46.9 Å². The minimum Gasteiger partial charge on any atom is -0.495 e. The van der Waals surface area contributed by atoms with E-state index in [1.807, 2.05) is 44.2 Å². The summed E-state index contributed by atoms with van der Waals surface area (Å²) in [4.78, 5) is 0. The number of methoxy groups -OCH3 is 1. The third-order valence-electron chi connectivity index (χ3n) is 2.72. The molecule has 1 heterocycles. The van der Waals surface area contributed by atoms with Gasteiger partial charge in [0.15, 0.2) is 0 Å². The van der Waals surface area contributed by atoms with Crippen LogP contribution in [0, 0.1) is 6.92 Å². The maximum Gasteiger partial charge on any atom is 0.137 e. The van der Waals surface area contributed by atoms with Crippen LogP contribution in [0.4, 0.5) is 5.69 Å². The van der Waals surface area contributed by atoms with Gasteiger partial charge in [-0.3, -0.25) is 0 Å². The number of rotatable bonds is 4. The normalized spacial score (nSPS) is 12.2. The summed E-state index contributed by atoms with van der Waals surface area (Å²) >= 11 is 6.07. The van der Waals surface area contributed by atoms with Crippen LogP contribution in [-0.2, 0) is 0 Å². The molecular formula is C14H16ClNO2. The largest absolute Gasteiger partial charge is 0.495 e. The van der Waals surface area contributed by atoms with E-state index >= 15 is 0 Å². The lowest BCUT2D eigenvalue weighted by molar-refractivity contribution is 0.415. The SMILES string of the molecule is COc1ccc(NC(C)c2ccc(C)o2)cc1Cl. The number of aryl methyl sites for hydroxylation is 1. The Kier molecular flexibility index (Phi) is 3.82. The zero-order valence-electron chi connectivity index (χ0n) is 10.7. The van der Waals surface area contributed by atoms with Crippen molar-refractivity contribution >= 4 is 17.3 Å². The molecular weight excluding hydrogens is 250 g/mol. The number of anilines is 1. The summed E-state index contributed by atoms with van der Waals surface area (Å²) in [6.45, 7) is 3.97. The van der Waals surface area contributed by atoms with Crippen LogP contribution >= 0.6 is 11.6 Å². The van der Waals surface area contributed by atoms with Crippen molar-refractivity contribution in [2.24, 2.45) is 0 Å². The lowest BCUT2D eigenvalue weighted by Crippen LogP contribution is -2.05. The topological polar surface area (TPSA) is 34.4 Å². The van der Waals surface area contributed by atoms with E-state index in [1.165, 1.54) is 0 Å². The highest BCUT2D eigenvalue weighted by Crippen LogP contribution is 2.29. The van der Waals surface area contributed by atoms with Gasteiger partial charge in [-0.15, -0.1) is 0 Å². The molecule has 1 N–H and O–H groups in total. The van der Waals surface area contributed by atoms with Gasteiger partial charge < -0.3 is 14.5 Å². The van der Waals surface area contributed by atoms with Crippen molar-refractivity contribution < 1.29 is 9.15 Å². The van der Waals surface area contributed by atoms with E-state index < -0.39 is 0 Å². The Morgan fingerprint density at radius 1 is 1.28 bits per heavy atom. The molecule has 1 aromatic carbocycles. The molecule has 1 atom stereocenters. The van der Waals surface area contributed by atoms with Crippen molar-refractivity contribution in [1.82, 2.24) is 0 Å². The molecule has 0 spiro atoms. The van der Waals surface area contributed by atoms with Crippen molar-refractivity contribution in [3.63, 3.8) is 0 Å². The molecule has 0 amide bonds. The summed E-state index contributed by atoms with van der Waals surface area (Å²) in [6.07, 6.45) is 0. The molecule has 0 saturated heterocycles. The van der Waals surface area contributed by atoms with E-state index in [0.717, 1.165) is 17.2 Å². The van der Waals surface area contributed by atoms with E-state index in [1.54, 1.807) is 7.11 Å². The fraction of sp³-hybridized carbons (Fsp3) is 0.286. The first kappa shape index (κ1) is 12.8. The van der Waals surface area contributed by atoms with Gasteiger partial charge in [0.2, 0.25) is 0 Å². The van der Waals surface area contributed by atoms with Crippen LogP contribution in [0.15, 0.2) is 34.7 Å². The maximum absolute atomic E-state index is 6.07. The highest BCUT2D eigenvalue weighted by molar-refractivity contribution is 6.32. The summed E-state index contributed by atoms with van der Waals surface area (Å²) in [5, 5.41) is 3.92. The molecule has 0 aliphatic carbocycles. The molecule has 1 unspecified atom stereocenters. The summed E-state index contributed by atoms with van der Waals surface area (Å²) < 4.78 is 10.7. The number of ether oxygens (including phenoxy) is 1. The lowest BCUT2D eigenvalue weighted by Gasteiger charge is -2.14. The van der Waals surface area contributed by atoms with Gasteiger partial charge in [0.1, 0.15) is 17.3 Å². The molecule has 18 heavy (non-hydrogen) atoms. The zero-order chi connectivity index (χ0) is 13.1. The van der Waals surface area contributed by atoms with Crippen molar-refractivity contribution in [2.75, 3.05) is 12.4 Å². The molecule has 2 rings (SSSR count). The van der Waals surface area contributed by atoms with E-state index in [-0.39, 0.29) is 6.04 Å². The monoisotopic (exact) mass is 265 g/mol. The second kappa shape index (κ2) is 5.36. The maximum atomic E-state index is 6.07. The number of nitrogens with one attached hydrogen (secondary N) is 1.